The van der Waals surface area contributed by atoms with Crippen LogP contribution in [0.5, 0.6) is 0 Å². The summed E-state index contributed by atoms with van der Waals surface area (Å²) in [5, 5.41) is 3.91. The molecular weight excluding hydrogens is 206 g/mol. The molecule has 5 heteroatoms. The first-order chi connectivity index (χ1) is 7.81. The first-order valence-electron chi connectivity index (χ1n) is 5.98. The van der Waals surface area contributed by atoms with Crippen molar-refractivity contribution in [2.24, 2.45) is 5.73 Å². The van der Waals surface area contributed by atoms with Crippen LogP contribution < -0.4 is 5.73 Å². The second-order valence-electron chi connectivity index (χ2n) is 4.30. The monoisotopic (exact) mass is 225 g/mol. The van der Waals surface area contributed by atoms with Crippen LogP contribution in [0.15, 0.2) is 4.52 Å². The van der Waals surface area contributed by atoms with Gasteiger partial charge in [-0.3, -0.25) is 0 Å². The van der Waals surface area contributed by atoms with E-state index in [1.165, 1.54) is 6.42 Å². The third-order valence-electron chi connectivity index (χ3n) is 2.89. The fraction of sp³-hybridized carbons (Fsp3) is 0.818. The average molecular weight is 225 g/mol. The third kappa shape index (κ3) is 2.59. The first kappa shape index (κ1) is 11.5. The van der Waals surface area contributed by atoms with Crippen LogP contribution >= 0.6 is 0 Å². The average Bonchev–Trinajstić information content (AvgIpc) is 2.64. The van der Waals surface area contributed by atoms with Gasteiger partial charge in [0.1, 0.15) is 0 Å². The third-order valence-corrected chi connectivity index (χ3v) is 2.89. The molecule has 1 aliphatic rings. The Morgan fingerprint density at radius 1 is 1.56 bits per heavy atom. The zero-order valence-electron chi connectivity index (χ0n) is 9.69. The number of hydrogen-bond donors (Lipinski definition) is 1. The highest BCUT2D eigenvalue weighted by molar-refractivity contribution is 5.00. The molecule has 2 N–H and O–H groups in total. The molecule has 1 saturated carbocycles. The Labute approximate surface area is 95.3 Å². The molecule has 0 aliphatic heterocycles. The van der Waals surface area contributed by atoms with Gasteiger partial charge < -0.3 is 15.0 Å². The summed E-state index contributed by atoms with van der Waals surface area (Å²) in [5.41, 5.74) is 5.90. The zero-order chi connectivity index (χ0) is 11.4. The van der Waals surface area contributed by atoms with Crippen LogP contribution in [0.1, 0.15) is 56.3 Å². The van der Waals surface area contributed by atoms with Crippen molar-refractivity contribution in [3.63, 3.8) is 0 Å². The molecule has 1 heterocycles. The van der Waals surface area contributed by atoms with Gasteiger partial charge in [-0.05, 0) is 19.3 Å². The molecule has 0 amide bonds. The summed E-state index contributed by atoms with van der Waals surface area (Å²) >= 11 is 0. The van der Waals surface area contributed by atoms with E-state index in [0.29, 0.717) is 18.3 Å². The highest BCUT2D eigenvalue weighted by Gasteiger charge is 2.26. The van der Waals surface area contributed by atoms with Crippen LogP contribution in [-0.2, 0) is 4.74 Å². The maximum atomic E-state index is 5.90. The maximum absolute atomic E-state index is 5.90. The fourth-order valence-corrected chi connectivity index (χ4v) is 1.65. The molecule has 90 valence electrons. The lowest BCUT2D eigenvalue weighted by Crippen LogP contribution is -2.19. The quantitative estimate of drug-likeness (QED) is 0.747. The molecule has 1 aromatic heterocycles. The highest BCUT2D eigenvalue weighted by atomic mass is 16.5. The van der Waals surface area contributed by atoms with Crippen molar-refractivity contribution in [3.8, 4) is 0 Å². The smallest absolute Gasteiger partial charge is 0.229 e. The van der Waals surface area contributed by atoms with Crippen LogP contribution in [-0.4, -0.2) is 23.4 Å². The number of ether oxygens (including phenoxy) is 1. The van der Waals surface area contributed by atoms with Gasteiger partial charge in [0.2, 0.25) is 5.89 Å². The fourth-order valence-electron chi connectivity index (χ4n) is 1.65. The molecule has 0 bridgehead atoms. The van der Waals surface area contributed by atoms with Crippen molar-refractivity contribution in [1.29, 1.82) is 0 Å². The minimum absolute atomic E-state index is 0.274. The molecule has 0 radical (unpaired) electrons. The summed E-state index contributed by atoms with van der Waals surface area (Å²) < 4.78 is 10.6. The summed E-state index contributed by atoms with van der Waals surface area (Å²) in [6.07, 6.45) is 4.56. The van der Waals surface area contributed by atoms with E-state index in [1.807, 2.05) is 0 Å². The molecule has 1 unspecified atom stereocenters. The number of nitrogens with zero attached hydrogens (tertiary/aromatic N) is 2. The van der Waals surface area contributed by atoms with Crippen LogP contribution in [0.2, 0.25) is 0 Å². The van der Waals surface area contributed by atoms with Gasteiger partial charge >= 0.3 is 0 Å². The lowest BCUT2D eigenvalue weighted by Gasteiger charge is -2.20. The van der Waals surface area contributed by atoms with Gasteiger partial charge in [0.25, 0.3) is 0 Å². The summed E-state index contributed by atoms with van der Waals surface area (Å²) in [6.45, 7) is 3.24. The Morgan fingerprint density at radius 2 is 2.38 bits per heavy atom. The van der Waals surface area contributed by atoms with E-state index in [0.717, 1.165) is 31.8 Å². The van der Waals surface area contributed by atoms with Gasteiger partial charge in [0.15, 0.2) is 5.82 Å². The Bertz CT molecular complexity index is 323. The van der Waals surface area contributed by atoms with E-state index in [4.69, 9.17) is 15.0 Å². The summed E-state index contributed by atoms with van der Waals surface area (Å²) in [6, 6.07) is -0.274. The number of aromatic nitrogens is 2. The van der Waals surface area contributed by atoms with Crippen molar-refractivity contribution < 1.29 is 9.26 Å². The summed E-state index contributed by atoms with van der Waals surface area (Å²) in [4.78, 5) is 4.33. The van der Waals surface area contributed by atoms with Crippen molar-refractivity contribution in [2.75, 3.05) is 13.2 Å². The Morgan fingerprint density at radius 3 is 3.00 bits per heavy atom. The van der Waals surface area contributed by atoms with Gasteiger partial charge in [0, 0.05) is 12.5 Å². The minimum Gasteiger partial charge on any atom is -0.379 e. The van der Waals surface area contributed by atoms with Crippen LogP contribution in [0, 0.1) is 0 Å². The van der Waals surface area contributed by atoms with Crippen molar-refractivity contribution in [2.45, 2.75) is 44.6 Å². The van der Waals surface area contributed by atoms with Crippen molar-refractivity contribution >= 4 is 0 Å². The normalized spacial score (nSPS) is 18.4. The Balaban J connectivity index is 1.85. The number of nitrogens with two attached hydrogens (primary N) is 1. The van der Waals surface area contributed by atoms with Crippen molar-refractivity contribution in [1.82, 2.24) is 10.1 Å². The molecule has 0 aromatic carbocycles. The van der Waals surface area contributed by atoms with E-state index >= 15 is 0 Å². The second-order valence-corrected chi connectivity index (χ2v) is 4.30. The topological polar surface area (TPSA) is 74.2 Å². The predicted molar refractivity (Wildman–Crippen MR) is 58.9 cm³/mol. The predicted octanol–water partition coefficient (Wildman–Crippen LogP) is 1.76. The zero-order valence-corrected chi connectivity index (χ0v) is 9.69. The van der Waals surface area contributed by atoms with Crippen LogP contribution in [0.25, 0.3) is 0 Å². The van der Waals surface area contributed by atoms with Gasteiger partial charge in [0.05, 0.1) is 12.6 Å². The first-order valence-corrected chi connectivity index (χ1v) is 5.98. The lowest BCUT2D eigenvalue weighted by molar-refractivity contribution is 0.119. The molecule has 0 saturated heterocycles. The Kier molecular flexibility index (Phi) is 3.90. The minimum atomic E-state index is -0.274. The van der Waals surface area contributed by atoms with Gasteiger partial charge in [-0.15, -0.1) is 0 Å². The maximum Gasteiger partial charge on any atom is 0.229 e. The molecule has 1 atom stereocenters. The largest absolute Gasteiger partial charge is 0.379 e. The molecular formula is C11H19N3O2. The summed E-state index contributed by atoms with van der Waals surface area (Å²) in [5.74, 6) is 1.77. The lowest BCUT2D eigenvalue weighted by atomic mass is 9.85. The number of hydrogen-bond acceptors (Lipinski definition) is 5. The van der Waals surface area contributed by atoms with Crippen molar-refractivity contribution in [3.05, 3.63) is 11.7 Å². The van der Waals surface area contributed by atoms with E-state index in [-0.39, 0.29) is 6.04 Å². The molecule has 0 spiro atoms. The SMILES string of the molecule is CCCOCC(N)c1noc(C2CCC2)n1. The number of rotatable bonds is 6. The Hall–Kier alpha value is -0.940. The van der Waals surface area contributed by atoms with E-state index < -0.39 is 0 Å². The van der Waals surface area contributed by atoms with Gasteiger partial charge in [-0.1, -0.05) is 18.5 Å². The van der Waals surface area contributed by atoms with Gasteiger partial charge in [-0.2, -0.15) is 4.98 Å². The second kappa shape index (κ2) is 5.41. The van der Waals surface area contributed by atoms with Crippen LogP contribution in [0.3, 0.4) is 0 Å². The van der Waals surface area contributed by atoms with E-state index in [2.05, 4.69) is 17.1 Å². The molecule has 1 fully saturated rings. The van der Waals surface area contributed by atoms with E-state index in [1.54, 1.807) is 0 Å². The molecule has 1 aromatic rings. The summed E-state index contributed by atoms with van der Waals surface area (Å²) in [7, 11) is 0. The molecule has 5 nitrogen and oxygen atoms in total. The molecule has 2 rings (SSSR count). The molecule has 16 heavy (non-hydrogen) atoms. The standard InChI is InChI=1S/C11H19N3O2/c1-2-6-15-7-9(12)10-13-11(16-14-10)8-4-3-5-8/h8-9H,2-7,12H2,1H3. The molecule has 1 aliphatic carbocycles. The van der Waals surface area contributed by atoms with Gasteiger partial charge in [-0.25, -0.2) is 0 Å². The van der Waals surface area contributed by atoms with Crippen LogP contribution in [0.4, 0.5) is 0 Å². The highest BCUT2D eigenvalue weighted by Crippen LogP contribution is 2.35. The van der Waals surface area contributed by atoms with E-state index in [9.17, 15) is 0 Å².